The summed E-state index contributed by atoms with van der Waals surface area (Å²) in [5, 5.41) is 3.84. The summed E-state index contributed by atoms with van der Waals surface area (Å²) in [6, 6.07) is 3.74. The summed E-state index contributed by atoms with van der Waals surface area (Å²) in [6.45, 7) is 2.69. The molecule has 1 unspecified atom stereocenters. The number of rotatable bonds is 3. The van der Waals surface area contributed by atoms with Crippen LogP contribution in [0.5, 0.6) is 0 Å². The molecule has 6 heteroatoms. The number of nitrogens with zero attached hydrogens (tertiary/aromatic N) is 1. The van der Waals surface area contributed by atoms with Gasteiger partial charge in [-0.3, -0.25) is 0 Å². The summed E-state index contributed by atoms with van der Waals surface area (Å²) in [7, 11) is 0. The summed E-state index contributed by atoms with van der Waals surface area (Å²) < 4.78 is 5.76. The first-order chi connectivity index (χ1) is 7.34. The predicted octanol–water partition coefficient (Wildman–Crippen LogP) is 2.85. The maximum atomic E-state index is 5.76. The molecule has 0 aromatic carbocycles. The largest absolute Gasteiger partial charge is 0.372 e. The fraction of sp³-hybridized carbons (Fsp3) is 0.545. The lowest BCUT2D eigenvalue weighted by atomic mass is 10.1. The highest BCUT2D eigenvalue weighted by Crippen LogP contribution is 2.11. The minimum atomic E-state index is 0. The molecule has 0 bridgehead atoms. The van der Waals surface area contributed by atoms with Crippen molar-refractivity contribution in [2.45, 2.75) is 25.6 Å². The number of ether oxygens (including phenoxy) is 1. The van der Waals surface area contributed by atoms with Crippen LogP contribution in [0, 0.1) is 0 Å². The summed E-state index contributed by atoms with van der Waals surface area (Å²) in [4.78, 5) is 4.01. The third-order valence-electron chi connectivity index (χ3n) is 2.53. The van der Waals surface area contributed by atoms with Crippen LogP contribution in [-0.4, -0.2) is 24.2 Å². The van der Waals surface area contributed by atoms with E-state index in [1.165, 1.54) is 6.42 Å². The van der Waals surface area contributed by atoms with E-state index in [4.69, 9.17) is 16.3 Å². The van der Waals surface area contributed by atoms with E-state index < -0.39 is 0 Å². The van der Waals surface area contributed by atoms with Crippen LogP contribution in [0.25, 0.3) is 0 Å². The third-order valence-corrected chi connectivity index (χ3v) is 2.75. The lowest BCUT2D eigenvalue weighted by Crippen LogP contribution is -2.35. The molecule has 3 nitrogen and oxygen atoms in total. The Kier molecular flexibility index (Phi) is 8.92. The van der Waals surface area contributed by atoms with Crippen molar-refractivity contribution in [2.75, 3.05) is 13.1 Å². The van der Waals surface area contributed by atoms with Gasteiger partial charge in [-0.05, 0) is 31.0 Å². The quantitative estimate of drug-likeness (QED) is 0.872. The zero-order valence-electron chi connectivity index (χ0n) is 9.39. The van der Waals surface area contributed by atoms with Crippen LogP contribution in [0.15, 0.2) is 18.3 Å². The zero-order valence-corrected chi connectivity index (χ0v) is 11.8. The summed E-state index contributed by atoms with van der Waals surface area (Å²) in [5.74, 6) is 0. The predicted molar refractivity (Wildman–Crippen MR) is 74.4 cm³/mol. The Hall–Kier alpha value is -0.0600. The van der Waals surface area contributed by atoms with Crippen molar-refractivity contribution in [3.8, 4) is 0 Å². The van der Waals surface area contributed by atoms with Crippen molar-refractivity contribution in [1.29, 1.82) is 0 Å². The summed E-state index contributed by atoms with van der Waals surface area (Å²) in [6.07, 6.45) is 4.45. The van der Waals surface area contributed by atoms with Crippen LogP contribution in [0.1, 0.15) is 18.4 Å². The molecule has 2 heterocycles. The van der Waals surface area contributed by atoms with E-state index in [0.29, 0.717) is 17.9 Å². The average molecular weight is 300 g/mol. The highest BCUT2D eigenvalue weighted by molar-refractivity contribution is 6.29. The fourth-order valence-electron chi connectivity index (χ4n) is 1.67. The van der Waals surface area contributed by atoms with Gasteiger partial charge in [-0.1, -0.05) is 17.7 Å². The van der Waals surface area contributed by atoms with Crippen LogP contribution >= 0.6 is 36.4 Å². The van der Waals surface area contributed by atoms with Gasteiger partial charge in [0.05, 0.1) is 12.7 Å². The molecule has 0 saturated carbocycles. The van der Waals surface area contributed by atoms with Gasteiger partial charge < -0.3 is 10.1 Å². The number of halogens is 3. The second kappa shape index (κ2) is 8.95. The summed E-state index contributed by atoms with van der Waals surface area (Å²) >= 11 is 5.70. The van der Waals surface area contributed by atoms with Crippen molar-refractivity contribution in [3.05, 3.63) is 29.0 Å². The second-order valence-corrected chi connectivity index (χ2v) is 4.16. The van der Waals surface area contributed by atoms with Crippen molar-refractivity contribution in [2.24, 2.45) is 0 Å². The Morgan fingerprint density at radius 1 is 1.41 bits per heavy atom. The van der Waals surface area contributed by atoms with Gasteiger partial charge in [0.25, 0.3) is 0 Å². The summed E-state index contributed by atoms with van der Waals surface area (Å²) in [5.41, 5.74) is 1.07. The van der Waals surface area contributed by atoms with E-state index in [-0.39, 0.29) is 24.8 Å². The van der Waals surface area contributed by atoms with Crippen LogP contribution in [0.4, 0.5) is 0 Å². The van der Waals surface area contributed by atoms with Gasteiger partial charge >= 0.3 is 0 Å². The maximum Gasteiger partial charge on any atom is 0.129 e. The van der Waals surface area contributed by atoms with Gasteiger partial charge in [0.15, 0.2) is 0 Å². The molecule has 17 heavy (non-hydrogen) atoms. The first-order valence-electron chi connectivity index (χ1n) is 5.27. The van der Waals surface area contributed by atoms with E-state index in [0.717, 1.165) is 25.1 Å². The van der Waals surface area contributed by atoms with Gasteiger partial charge in [-0.25, -0.2) is 4.98 Å². The van der Waals surface area contributed by atoms with Crippen LogP contribution in [-0.2, 0) is 11.3 Å². The number of hydrogen-bond donors (Lipinski definition) is 1. The maximum absolute atomic E-state index is 5.76. The minimum Gasteiger partial charge on any atom is -0.372 e. The minimum absolute atomic E-state index is 0. The van der Waals surface area contributed by atoms with Gasteiger partial charge in [0.1, 0.15) is 5.15 Å². The Morgan fingerprint density at radius 3 is 2.82 bits per heavy atom. The highest BCUT2D eigenvalue weighted by Gasteiger charge is 2.12. The highest BCUT2D eigenvalue weighted by atomic mass is 35.5. The monoisotopic (exact) mass is 298 g/mol. The van der Waals surface area contributed by atoms with Crippen molar-refractivity contribution in [3.63, 3.8) is 0 Å². The van der Waals surface area contributed by atoms with E-state index in [1.807, 2.05) is 6.07 Å². The van der Waals surface area contributed by atoms with Crippen molar-refractivity contribution >= 4 is 36.4 Å². The molecule has 0 spiro atoms. The molecule has 1 fully saturated rings. The average Bonchev–Trinajstić information content (AvgIpc) is 2.30. The molecule has 1 saturated heterocycles. The van der Waals surface area contributed by atoms with Crippen molar-refractivity contribution in [1.82, 2.24) is 10.3 Å². The molecule has 98 valence electrons. The smallest absolute Gasteiger partial charge is 0.129 e. The molecule has 2 rings (SSSR count). The third kappa shape index (κ3) is 5.89. The Morgan fingerprint density at radius 2 is 2.24 bits per heavy atom. The van der Waals surface area contributed by atoms with Gasteiger partial charge in [-0.2, -0.15) is 0 Å². The zero-order chi connectivity index (χ0) is 10.5. The molecule has 1 aliphatic rings. The molecule has 0 radical (unpaired) electrons. The van der Waals surface area contributed by atoms with Crippen LogP contribution in [0.2, 0.25) is 5.15 Å². The first kappa shape index (κ1) is 16.9. The van der Waals surface area contributed by atoms with E-state index in [1.54, 1.807) is 12.3 Å². The molecular weight excluding hydrogens is 282 g/mol. The number of nitrogens with one attached hydrogen (secondary N) is 1. The molecular formula is C11H17Cl3N2O. The number of aromatic nitrogens is 1. The Labute approximate surface area is 119 Å². The standard InChI is InChI=1S/C11H15ClN2O.2ClH/c12-11-4-3-9(6-14-11)8-15-10-2-1-5-13-7-10;;/h3-4,6,10,13H,1-2,5,7-8H2;2*1H. The SMILES string of the molecule is Cl.Cl.Clc1ccc(COC2CCCNC2)cn1. The van der Waals surface area contributed by atoms with Crippen LogP contribution < -0.4 is 5.32 Å². The molecule has 1 N–H and O–H groups in total. The topological polar surface area (TPSA) is 34.1 Å². The molecule has 1 aliphatic heterocycles. The second-order valence-electron chi connectivity index (χ2n) is 3.77. The van der Waals surface area contributed by atoms with Crippen molar-refractivity contribution < 1.29 is 4.74 Å². The van der Waals surface area contributed by atoms with Crippen LogP contribution in [0.3, 0.4) is 0 Å². The van der Waals surface area contributed by atoms with E-state index in [9.17, 15) is 0 Å². The Balaban J connectivity index is 0.00000128. The number of pyridine rings is 1. The molecule has 1 aromatic rings. The van der Waals surface area contributed by atoms with E-state index in [2.05, 4.69) is 10.3 Å². The number of piperidine rings is 1. The molecule has 1 aromatic heterocycles. The van der Waals surface area contributed by atoms with Gasteiger partial charge in [0, 0.05) is 12.7 Å². The molecule has 0 aliphatic carbocycles. The van der Waals surface area contributed by atoms with Gasteiger partial charge in [0.2, 0.25) is 0 Å². The molecule has 1 atom stereocenters. The first-order valence-corrected chi connectivity index (χ1v) is 5.65. The fourth-order valence-corrected chi connectivity index (χ4v) is 1.78. The Bertz CT molecular complexity index is 302. The lowest BCUT2D eigenvalue weighted by Gasteiger charge is -2.22. The van der Waals surface area contributed by atoms with Gasteiger partial charge in [-0.15, -0.1) is 24.8 Å². The lowest BCUT2D eigenvalue weighted by molar-refractivity contribution is 0.0252. The number of hydrogen-bond acceptors (Lipinski definition) is 3. The van der Waals surface area contributed by atoms with E-state index >= 15 is 0 Å². The molecule has 0 amide bonds. The normalized spacial score (nSPS) is 19.0.